The molecule has 3 aromatic rings. The molecule has 0 bridgehead atoms. The zero-order chi connectivity index (χ0) is 23.5. The maximum atomic E-state index is 12.6. The van der Waals surface area contributed by atoms with Crippen molar-refractivity contribution in [1.82, 2.24) is 0 Å². The van der Waals surface area contributed by atoms with Crippen LogP contribution in [0, 0.1) is 6.92 Å². The molecule has 1 aliphatic heterocycles. The van der Waals surface area contributed by atoms with Crippen LogP contribution in [0.3, 0.4) is 0 Å². The van der Waals surface area contributed by atoms with Crippen LogP contribution in [0.1, 0.15) is 27.0 Å². The summed E-state index contributed by atoms with van der Waals surface area (Å²) in [5.41, 5.74) is 2.50. The molecule has 6 nitrogen and oxygen atoms in total. The van der Waals surface area contributed by atoms with Crippen molar-refractivity contribution in [2.75, 3.05) is 7.11 Å². The first kappa shape index (κ1) is 22.8. The first-order chi connectivity index (χ1) is 15.9. The van der Waals surface area contributed by atoms with Gasteiger partial charge in [-0.05, 0) is 66.6 Å². The second kappa shape index (κ2) is 9.60. The van der Waals surface area contributed by atoms with Crippen LogP contribution in [0.5, 0.6) is 11.5 Å². The van der Waals surface area contributed by atoms with E-state index >= 15 is 0 Å². The molecule has 3 aromatic carbocycles. The highest BCUT2D eigenvalue weighted by atomic mass is 79.9. The van der Waals surface area contributed by atoms with Gasteiger partial charge in [0, 0.05) is 10.0 Å². The smallest absolute Gasteiger partial charge is 0.363 e. The molecule has 0 atom stereocenters. The number of cyclic esters (lactones) is 1. The van der Waals surface area contributed by atoms with Crippen LogP contribution in [0.25, 0.3) is 6.08 Å². The van der Waals surface area contributed by atoms with E-state index in [1.165, 1.54) is 13.2 Å². The Morgan fingerprint density at radius 3 is 2.55 bits per heavy atom. The number of esters is 2. The second-order valence-corrected chi connectivity index (χ2v) is 8.40. The number of nitrogens with zero attached hydrogens (tertiary/aromatic N) is 1. The fourth-order valence-electron chi connectivity index (χ4n) is 3.15. The van der Waals surface area contributed by atoms with Gasteiger partial charge in [0.25, 0.3) is 0 Å². The molecule has 0 unspecified atom stereocenters. The SMILES string of the molecule is COc1cc(/C=C2\N=C(c3ccc(Br)cc3)OC2=O)cc(Cl)c1OC(=O)c1ccccc1C. The fourth-order valence-corrected chi connectivity index (χ4v) is 3.68. The zero-order valence-corrected chi connectivity index (χ0v) is 19.9. The van der Waals surface area contributed by atoms with Gasteiger partial charge in [-0.3, -0.25) is 0 Å². The Labute approximate surface area is 203 Å². The average molecular weight is 527 g/mol. The van der Waals surface area contributed by atoms with Gasteiger partial charge < -0.3 is 14.2 Å². The molecule has 0 radical (unpaired) electrons. The molecule has 33 heavy (non-hydrogen) atoms. The molecule has 0 N–H and O–H groups in total. The van der Waals surface area contributed by atoms with Crippen LogP contribution in [0.4, 0.5) is 0 Å². The van der Waals surface area contributed by atoms with E-state index in [1.807, 2.05) is 31.2 Å². The molecule has 0 aliphatic carbocycles. The summed E-state index contributed by atoms with van der Waals surface area (Å²) >= 11 is 9.77. The van der Waals surface area contributed by atoms with Gasteiger partial charge in [0.2, 0.25) is 5.90 Å². The predicted octanol–water partition coefficient (Wildman–Crippen LogP) is 5.98. The molecule has 0 aromatic heterocycles. The van der Waals surface area contributed by atoms with Crippen LogP contribution in [0.15, 0.2) is 75.8 Å². The highest BCUT2D eigenvalue weighted by Crippen LogP contribution is 2.38. The van der Waals surface area contributed by atoms with Gasteiger partial charge in [-0.1, -0.05) is 45.7 Å². The number of hydrogen-bond acceptors (Lipinski definition) is 6. The molecule has 0 fully saturated rings. The Kier molecular flexibility index (Phi) is 6.62. The third-order valence-electron chi connectivity index (χ3n) is 4.83. The molecule has 1 aliphatic rings. The van der Waals surface area contributed by atoms with Crippen LogP contribution in [-0.4, -0.2) is 24.9 Å². The Morgan fingerprint density at radius 1 is 1.12 bits per heavy atom. The third kappa shape index (κ3) is 4.99. The van der Waals surface area contributed by atoms with E-state index in [4.69, 9.17) is 25.8 Å². The van der Waals surface area contributed by atoms with Crippen molar-refractivity contribution in [1.29, 1.82) is 0 Å². The fraction of sp³-hybridized carbons (Fsp3) is 0.0800. The van der Waals surface area contributed by atoms with Crippen molar-refractivity contribution in [3.05, 3.63) is 98.1 Å². The van der Waals surface area contributed by atoms with Gasteiger partial charge in [-0.25, -0.2) is 14.6 Å². The summed E-state index contributed by atoms with van der Waals surface area (Å²) in [6, 6.07) is 17.5. The highest BCUT2D eigenvalue weighted by molar-refractivity contribution is 9.10. The standard InChI is InChI=1S/C25H17BrClNO5/c1-14-5-3-4-6-18(14)24(29)32-22-19(27)11-15(13-21(22)31-2)12-20-25(30)33-23(28-20)16-7-9-17(26)10-8-16/h3-13H,1-2H3/b20-12-. The lowest BCUT2D eigenvalue weighted by Gasteiger charge is -2.13. The van der Waals surface area contributed by atoms with E-state index in [9.17, 15) is 9.59 Å². The van der Waals surface area contributed by atoms with E-state index in [2.05, 4.69) is 20.9 Å². The molecular formula is C25H17BrClNO5. The first-order valence-corrected chi connectivity index (χ1v) is 11.0. The molecule has 1 heterocycles. The molecule has 0 amide bonds. The normalized spacial score (nSPS) is 14.1. The maximum absolute atomic E-state index is 12.6. The van der Waals surface area contributed by atoms with Crippen LogP contribution < -0.4 is 9.47 Å². The van der Waals surface area contributed by atoms with E-state index in [1.54, 1.807) is 36.4 Å². The summed E-state index contributed by atoms with van der Waals surface area (Å²) in [7, 11) is 1.43. The van der Waals surface area contributed by atoms with Crippen LogP contribution >= 0.6 is 27.5 Å². The first-order valence-electron chi connectivity index (χ1n) is 9.79. The number of benzene rings is 3. The molecule has 4 rings (SSSR count). The molecule has 8 heteroatoms. The second-order valence-electron chi connectivity index (χ2n) is 7.08. The van der Waals surface area contributed by atoms with Gasteiger partial charge in [0.15, 0.2) is 17.2 Å². The van der Waals surface area contributed by atoms with E-state index < -0.39 is 11.9 Å². The number of aryl methyl sites for hydroxylation is 1. The van der Waals surface area contributed by atoms with Crippen molar-refractivity contribution in [2.24, 2.45) is 4.99 Å². The summed E-state index contributed by atoms with van der Waals surface area (Å²) in [6.07, 6.45) is 1.52. The minimum absolute atomic E-state index is 0.0858. The zero-order valence-electron chi connectivity index (χ0n) is 17.6. The van der Waals surface area contributed by atoms with Gasteiger partial charge in [0.1, 0.15) is 0 Å². The third-order valence-corrected chi connectivity index (χ3v) is 5.64. The predicted molar refractivity (Wildman–Crippen MR) is 129 cm³/mol. The van der Waals surface area contributed by atoms with Crippen molar-refractivity contribution in [3.8, 4) is 11.5 Å². The summed E-state index contributed by atoms with van der Waals surface area (Å²) in [6.45, 7) is 1.81. The Hall–Kier alpha value is -3.42. The van der Waals surface area contributed by atoms with Crippen LogP contribution in [0.2, 0.25) is 5.02 Å². The summed E-state index contributed by atoms with van der Waals surface area (Å²) in [5, 5.41) is 0.145. The number of ether oxygens (including phenoxy) is 3. The molecule has 0 saturated heterocycles. The lowest BCUT2D eigenvalue weighted by molar-refractivity contribution is -0.129. The highest BCUT2D eigenvalue weighted by Gasteiger charge is 2.25. The lowest BCUT2D eigenvalue weighted by atomic mass is 10.1. The molecule has 0 saturated carbocycles. The molecule has 166 valence electrons. The Balaban J connectivity index is 1.63. The van der Waals surface area contributed by atoms with Gasteiger partial charge in [-0.15, -0.1) is 0 Å². The van der Waals surface area contributed by atoms with E-state index in [0.717, 1.165) is 10.0 Å². The quantitative estimate of drug-likeness (QED) is 0.232. The Bertz CT molecular complexity index is 1310. The number of methoxy groups -OCH3 is 1. The van der Waals surface area contributed by atoms with E-state index in [0.29, 0.717) is 16.7 Å². The average Bonchev–Trinajstić information content (AvgIpc) is 3.16. The van der Waals surface area contributed by atoms with Crippen LogP contribution in [-0.2, 0) is 9.53 Å². The van der Waals surface area contributed by atoms with Gasteiger partial charge in [-0.2, -0.15) is 0 Å². The maximum Gasteiger partial charge on any atom is 0.363 e. The monoisotopic (exact) mass is 525 g/mol. The van der Waals surface area contributed by atoms with E-state index in [-0.39, 0.29) is 28.1 Å². The number of halogens is 2. The topological polar surface area (TPSA) is 74.2 Å². The van der Waals surface area contributed by atoms with Gasteiger partial charge in [0.05, 0.1) is 17.7 Å². The summed E-state index contributed by atoms with van der Waals surface area (Å²) in [5.74, 6) is -0.608. The Morgan fingerprint density at radius 2 is 1.85 bits per heavy atom. The van der Waals surface area contributed by atoms with Crippen molar-refractivity contribution < 1.29 is 23.8 Å². The largest absolute Gasteiger partial charge is 0.493 e. The summed E-state index contributed by atoms with van der Waals surface area (Å²) in [4.78, 5) is 29.2. The molecule has 0 spiro atoms. The number of hydrogen-bond donors (Lipinski definition) is 0. The number of rotatable bonds is 5. The lowest BCUT2D eigenvalue weighted by Crippen LogP contribution is -2.11. The minimum Gasteiger partial charge on any atom is -0.493 e. The minimum atomic E-state index is -0.585. The number of carbonyl (C=O) groups is 2. The number of carbonyl (C=O) groups excluding carboxylic acids is 2. The number of aliphatic imine (C=N–C) groups is 1. The van der Waals surface area contributed by atoms with Crippen molar-refractivity contribution in [3.63, 3.8) is 0 Å². The van der Waals surface area contributed by atoms with Crippen molar-refractivity contribution in [2.45, 2.75) is 6.92 Å². The van der Waals surface area contributed by atoms with Crippen molar-refractivity contribution >= 4 is 51.4 Å². The summed E-state index contributed by atoms with van der Waals surface area (Å²) < 4.78 is 17.1. The van der Waals surface area contributed by atoms with Gasteiger partial charge >= 0.3 is 11.9 Å². The molecular weight excluding hydrogens is 510 g/mol.